The van der Waals surface area contributed by atoms with Gasteiger partial charge in [-0.3, -0.25) is 4.79 Å². The molecule has 116 valence electrons. The van der Waals surface area contributed by atoms with E-state index < -0.39 is 0 Å². The maximum absolute atomic E-state index is 12.1. The van der Waals surface area contributed by atoms with E-state index in [1.807, 2.05) is 42.5 Å². The number of nitrogen functional groups attached to an aromatic ring is 1. The van der Waals surface area contributed by atoms with Gasteiger partial charge in [-0.05, 0) is 23.6 Å². The number of nitrogens with one attached hydrogen (secondary N) is 1. The number of carbonyl (C=O) groups is 1. The van der Waals surface area contributed by atoms with Crippen molar-refractivity contribution in [1.29, 1.82) is 0 Å². The molecule has 0 atom stereocenters. The second-order valence-corrected chi connectivity index (χ2v) is 6.23. The van der Waals surface area contributed by atoms with Crippen LogP contribution in [0.15, 0.2) is 54.6 Å². The van der Waals surface area contributed by atoms with Crippen LogP contribution in [0.4, 0.5) is 5.69 Å². The molecule has 0 aliphatic rings. The minimum absolute atomic E-state index is 0.0623. The summed E-state index contributed by atoms with van der Waals surface area (Å²) in [4.78, 5) is 12.1. The van der Waals surface area contributed by atoms with Crippen LogP contribution >= 0.6 is 0 Å². The Kier molecular flexibility index (Phi) is 5.21. The first-order valence-electron chi connectivity index (χ1n) is 7.65. The van der Waals surface area contributed by atoms with E-state index in [2.05, 4.69) is 31.3 Å². The lowest BCUT2D eigenvalue weighted by Gasteiger charge is -2.25. The van der Waals surface area contributed by atoms with Gasteiger partial charge in [0.05, 0.1) is 0 Å². The summed E-state index contributed by atoms with van der Waals surface area (Å²) < 4.78 is 0. The van der Waals surface area contributed by atoms with Crippen LogP contribution < -0.4 is 11.1 Å². The second kappa shape index (κ2) is 7.12. The zero-order valence-corrected chi connectivity index (χ0v) is 13.3. The summed E-state index contributed by atoms with van der Waals surface area (Å²) in [6.45, 7) is 4.90. The highest BCUT2D eigenvalue weighted by Crippen LogP contribution is 2.21. The van der Waals surface area contributed by atoms with E-state index in [-0.39, 0.29) is 11.3 Å². The standard InChI is InChI=1S/C19H24N2O/c1-19(2,16-9-4-3-5-10-16)14-21-18(22)13-12-15-8-6-7-11-17(15)20/h3-11H,12-14,20H2,1-2H3,(H,21,22). The van der Waals surface area contributed by atoms with E-state index in [1.165, 1.54) is 5.56 Å². The number of rotatable bonds is 6. The molecule has 0 fully saturated rings. The molecule has 0 radical (unpaired) electrons. The Morgan fingerprint density at radius 2 is 1.68 bits per heavy atom. The fourth-order valence-electron chi connectivity index (χ4n) is 2.41. The zero-order chi connectivity index (χ0) is 16.0. The third kappa shape index (κ3) is 4.35. The molecular weight excluding hydrogens is 272 g/mol. The first-order valence-corrected chi connectivity index (χ1v) is 7.65. The van der Waals surface area contributed by atoms with Crippen LogP contribution in [-0.4, -0.2) is 12.5 Å². The van der Waals surface area contributed by atoms with Crippen LogP contribution in [0.25, 0.3) is 0 Å². The SMILES string of the molecule is CC(C)(CNC(=O)CCc1ccccc1N)c1ccccc1. The first-order chi connectivity index (χ1) is 10.5. The summed E-state index contributed by atoms with van der Waals surface area (Å²) in [5.41, 5.74) is 8.82. The lowest BCUT2D eigenvalue weighted by molar-refractivity contribution is -0.121. The lowest BCUT2D eigenvalue weighted by atomic mass is 9.84. The summed E-state index contributed by atoms with van der Waals surface area (Å²) in [5.74, 6) is 0.0623. The van der Waals surface area contributed by atoms with Crippen molar-refractivity contribution in [3.05, 3.63) is 65.7 Å². The molecule has 0 saturated carbocycles. The minimum Gasteiger partial charge on any atom is -0.399 e. The number of carbonyl (C=O) groups excluding carboxylic acids is 1. The van der Waals surface area contributed by atoms with Crippen molar-refractivity contribution in [2.24, 2.45) is 0 Å². The fourth-order valence-corrected chi connectivity index (χ4v) is 2.41. The smallest absolute Gasteiger partial charge is 0.220 e. The molecule has 0 bridgehead atoms. The molecule has 0 unspecified atom stereocenters. The van der Waals surface area contributed by atoms with Crippen molar-refractivity contribution < 1.29 is 4.79 Å². The molecule has 0 heterocycles. The van der Waals surface area contributed by atoms with Crippen molar-refractivity contribution in [1.82, 2.24) is 5.32 Å². The van der Waals surface area contributed by atoms with Crippen LogP contribution in [0.5, 0.6) is 0 Å². The highest BCUT2D eigenvalue weighted by molar-refractivity contribution is 5.76. The monoisotopic (exact) mass is 296 g/mol. The lowest BCUT2D eigenvalue weighted by Crippen LogP contribution is -2.36. The molecule has 22 heavy (non-hydrogen) atoms. The third-order valence-corrected chi connectivity index (χ3v) is 3.96. The number of benzene rings is 2. The second-order valence-electron chi connectivity index (χ2n) is 6.23. The Bertz CT molecular complexity index is 620. The van der Waals surface area contributed by atoms with Gasteiger partial charge in [-0.1, -0.05) is 62.4 Å². The van der Waals surface area contributed by atoms with E-state index >= 15 is 0 Å². The average molecular weight is 296 g/mol. The number of amides is 1. The van der Waals surface area contributed by atoms with Gasteiger partial charge in [0, 0.05) is 24.1 Å². The molecule has 3 heteroatoms. The van der Waals surface area contributed by atoms with Gasteiger partial charge in [-0.15, -0.1) is 0 Å². The molecule has 2 rings (SSSR count). The summed E-state index contributed by atoms with van der Waals surface area (Å²) in [6, 6.07) is 17.9. The van der Waals surface area contributed by atoms with Gasteiger partial charge in [-0.25, -0.2) is 0 Å². The molecule has 3 nitrogen and oxygen atoms in total. The molecule has 3 N–H and O–H groups in total. The van der Waals surface area contributed by atoms with E-state index in [0.717, 1.165) is 11.3 Å². The number of hydrogen-bond donors (Lipinski definition) is 2. The highest BCUT2D eigenvalue weighted by Gasteiger charge is 2.20. The van der Waals surface area contributed by atoms with Crippen molar-refractivity contribution in [2.45, 2.75) is 32.1 Å². The quantitative estimate of drug-likeness (QED) is 0.804. The molecule has 0 spiro atoms. The molecule has 2 aromatic carbocycles. The number of nitrogens with two attached hydrogens (primary N) is 1. The Morgan fingerprint density at radius 3 is 2.36 bits per heavy atom. The van der Waals surface area contributed by atoms with Crippen LogP contribution in [0, 0.1) is 0 Å². The third-order valence-electron chi connectivity index (χ3n) is 3.96. The molecule has 0 aliphatic heterocycles. The number of anilines is 1. The van der Waals surface area contributed by atoms with Gasteiger partial charge < -0.3 is 11.1 Å². The van der Waals surface area contributed by atoms with Crippen LogP contribution in [0.3, 0.4) is 0 Å². The van der Waals surface area contributed by atoms with Crippen LogP contribution in [-0.2, 0) is 16.6 Å². The summed E-state index contributed by atoms with van der Waals surface area (Å²) >= 11 is 0. The van der Waals surface area contributed by atoms with Crippen molar-refractivity contribution in [3.63, 3.8) is 0 Å². The zero-order valence-electron chi connectivity index (χ0n) is 13.3. The summed E-state index contributed by atoms with van der Waals surface area (Å²) in [5, 5.41) is 3.03. The van der Waals surface area contributed by atoms with E-state index in [9.17, 15) is 4.79 Å². The summed E-state index contributed by atoms with van der Waals surface area (Å²) in [6.07, 6.45) is 1.13. The van der Waals surface area contributed by atoms with Crippen molar-refractivity contribution >= 4 is 11.6 Å². The predicted molar refractivity (Wildman–Crippen MR) is 91.7 cm³/mol. The maximum Gasteiger partial charge on any atom is 0.220 e. The molecular formula is C19H24N2O. The molecule has 2 aromatic rings. The molecule has 0 aliphatic carbocycles. The maximum atomic E-state index is 12.1. The van der Waals surface area contributed by atoms with Crippen LogP contribution in [0.2, 0.25) is 0 Å². The Balaban J connectivity index is 1.84. The minimum atomic E-state index is -0.0807. The van der Waals surface area contributed by atoms with Crippen molar-refractivity contribution in [2.75, 3.05) is 12.3 Å². The number of hydrogen-bond acceptors (Lipinski definition) is 2. The largest absolute Gasteiger partial charge is 0.399 e. The summed E-state index contributed by atoms with van der Waals surface area (Å²) in [7, 11) is 0. The molecule has 0 saturated heterocycles. The van der Waals surface area contributed by atoms with Gasteiger partial charge >= 0.3 is 0 Å². The van der Waals surface area contributed by atoms with E-state index in [0.29, 0.717) is 19.4 Å². The van der Waals surface area contributed by atoms with Gasteiger partial charge in [0.2, 0.25) is 5.91 Å². The topological polar surface area (TPSA) is 55.1 Å². The van der Waals surface area contributed by atoms with Gasteiger partial charge in [0.15, 0.2) is 0 Å². The normalized spacial score (nSPS) is 11.2. The van der Waals surface area contributed by atoms with E-state index in [1.54, 1.807) is 0 Å². The first kappa shape index (κ1) is 16.1. The van der Waals surface area contributed by atoms with Crippen molar-refractivity contribution in [3.8, 4) is 0 Å². The number of aryl methyl sites for hydroxylation is 1. The predicted octanol–water partition coefficient (Wildman–Crippen LogP) is 3.30. The molecule has 1 amide bonds. The fraction of sp³-hybridized carbons (Fsp3) is 0.316. The van der Waals surface area contributed by atoms with Gasteiger partial charge in [0.25, 0.3) is 0 Å². The Labute approximate surface area is 132 Å². The van der Waals surface area contributed by atoms with E-state index in [4.69, 9.17) is 5.73 Å². The van der Waals surface area contributed by atoms with Crippen LogP contribution in [0.1, 0.15) is 31.4 Å². The molecule has 0 aromatic heterocycles. The highest BCUT2D eigenvalue weighted by atomic mass is 16.1. The Morgan fingerprint density at radius 1 is 1.05 bits per heavy atom. The average Bonchev–Trinajstić information content (AvgIpc) is 2.53. The van der Waals surface area contributed by atoms with Gasteiger partial charge in [-0.2, -0.15) is 0 Å². The Hall–Kier alpha value is -2.29. The number of para-hydroxylation sites is 1. The van der Waals surface area contributed by atoms with Gasteiger partial charge in [0.1, 0.15) is 0 Å².